The maximum atomic E-state index is 11.5. The summed E-state index contributed by atoms with van der Waals surface area (Å²) in [6, 6.07) is 12.5. The van der Waals surface area contributed by atoms with E-state index in [1.807, 2.05) is 24.3 Å². The highest BCUT2D eigenvalue weighted by atomic mass is 127. The van der Waals surface area contributed by atoms with Gasteiger partial charge in [0.2, 0.25) is 0 Å². The van der Waals surface area contributed by atoms with Gasteiger partial charge in [-0.25, -0.2) is 4.68 Å². The first kappa shape index (κ1) is 12.9. The van der Waals surface area contributed by atoms with Crippen LogP contribution >= 0.6 is 22.6 Å². The van der Waals surface area contributed by atoms with Crippen LogP contribution < -0.4 is 5.73 Å². The first-order chi connectivity index (χ1) is 9.56. The molecule has 3 aromatic rings. The Morgan fingerprint density at radius 2 is 2.05 bits per heavy atom. The molecule has 1 amide bonds. The second-order valence-corrected chi connectivity index (χ2v) is 5.55. The molecule has 0 spiro atoms. The number of rotatable bonds is 2. The van der Waals surface area contributed by atoms with Crippen LogP contribution in [0.15, 0.2) is 42.5 Å². The van der Waals surface area contributed by atoms with Gasteiger partial charge in [-0.15, -0.1) is 0 Å². The Labute approximate surface area is 128 Å². The number of nitrogens with two attached hydrogens (primary N) is 1. The molecule has 3 N–H and O–H groups in total. The maximum Gasteiger partial charge on any atom is 0.269 e. The van der Waals surface area contributed by atoms with E-state index in [2.05, 4.69) is 27.7 Å². The second kappa shape index (κ2) is 4.78. The van der Waals surface area contributed by atoms with Crippen molar-refractivity contribution in [2.45, 2.75) is 0 Å². The van der Waals surface area contributed by atoms with E-state index in [0.29, 0.717) is 5.39 Å². The molecule has 0 saturated heterocycles. The van der Waals surface area contributed by atoms with Crippen LogP contribution in [-0.2, 0) is 0 Å². The minimum atomic E-state index is -0.620. The van der Waals surface area contributed by atoms with Crippen LogP contribution in [0.4, 0.5) is 0 Å². The summed E-state index contributed by atoms with van der Waals surface area (Å²) in [5, 5.41) is 14.4. The summed E-state index contributed by atoms with van der Waals surface area (Å²) in [4.78, 5) is 11.5. The van der Waals surface area contributed by atoms with Gasteiger partial charge in [0.15, 0.2) is 5.69 Å². The van der Waals surface area contributed by atoms with Crippen molar-refractivity contribution in [2.75, 3.05) is 0 Å². The molecule has 0 unspecified atom stereocenters. The Balaban J connectivity index is 2.34. The van der Waals surface area contributed by atoms with Crippen molar-refractivity contribution in [3.05, 3.63) is 51.7 Å². The predicted octanol–water partition coefficient (Wildman–Crippen LogP) is 2.43. The topological polar surface area (TPSA) is 81.1 Å². The molecule has 0 saturated carbocycles. The number of amides is 1. The minimum Gasteiger partial charge on any atom is -0.508 e. The van der Waals surface area contributed by atoms with Crippen molar-refractivity contribution in [3.8, 4) is 11.4 Å². The summed E-state index contributed by atoms with van der Waals surface area (Å²) in [6.45, 7) is 0. The molecule has 1 heterocycles. The van der Waals surface area contributed by atoms with Gasteiger partial charge in [0.1, 0.15) is 5.75 Å². The number of carbonyl (C=O) groups excluding carboxylic acids is 1. The van der Waals surface area contributed by atoms with Crippen LogP contribution in [0.25, 0.3) is 16.6 Å². The lowest BCUT2D eigenvalue weighted by Crippen LogP contribution is -2.12. The summed E-state index contributed by atoms with van der Waals surface area (Å²) >= 11 is 2.21. The fourth-order valence-corrected chi connectivity index (χ4v) is 2.62. The zero-order chi connectivity index (χ0) is 14.3. The lowest BCUT2D eigenvalue weighted by molar-refractivity contribution is 0.0996. The standard InChI is InChI=1S/C14H10IN3O2/c15-8-2-1-3-9(6-8)18-12-5-4-10(19)7-11(12)13(17-18)14(16)20/h1-7,19H,(H2,16,20). The van der Waals surface area contributed by atoms with Crippen molar-refractivity contribution in [2.24, 2.45) is 5.73 Å². The number of benzene rings is 2. The van der Waals surface area contributed by atoms with Gasteiger partial charge in [-0.2, -0.15) is 5.10 Å². The van der Waals surface area contributed by atoms with E-state index < -0.39 is 5.91 Å². The molecule has 1 aromatic heterocycles. The molecule has 0 aliphatic heterocycles. The summed E-state index contributed by atoms with van der Waals surface area (Å²) in [6.07, 6.45) is 0. The summed E-state index contributed by atoms with van der Waals surface area (Å²) < 4.78 is 2.71. The minimum absolute atomic E-state index is 0.0715. The van der Waals surface area contributed by atoms with Crippen molar-refractivity contribution in [3.63, 3.8) is 0 Å². The number of hydrogen-bond acceptors (Lipinski definition) is 3. The normalized spacial score (nSPS) is 10.8. The Kier molecular flexibility index (Phi) is 3.09. The maximum absolute atomic E-state index is 11.5. The van der Waals surface area contributed by atoms with Crippen LogP contribution in [0, 0.1) is 3.57 Å². The van der Waals surface area contributed by atoms with Crippen molar-refractivity contribution in [1.29, 1.82) is 0 Å². The molecule has 100 valence electrons. The number of halogens is 1. The zero-order valence-corrected chi connectivity index (χ0v) is 12.4. The largest absolute Gasteiger partial charge is 0.508 e. The average Bonchev–Trinajstić information content (AvgIpc) is 2.77. The smallest absolute Gasteiger partial charge is 0.269 e. The molecule has 0 aliphatic carbocycles. The predicted molar refractivity (Wildman–Crippen MR) is 84.0 cm³/mol. The van der Waals surface area contributed by atoms with Gasteiger partial charge < -0.3 is 10.8 Å². The Bertz CT molecular complexity index is 826. The van der Waals surface area contributed by atoms with Crippen LogP contribution in [0.2, 0.25) is 0 Å². The van der Waals surface area contributed by atoms with Gasteiger partial charge in [0.05, 0.1) is 11.2 Å². The molecule has 3 rings (SSSR count). The average molecular weight is 379 g/mol. The van der Waals surface area contributed by atoms with Gasteiger partial charge in [-0.3, -0.25) is 4.79 Å². The van der Waals surface area contributed by atoms with Crippen molar-refractivity contribution in [1.82, 2.24) is 9.78 Å². The number of carbonyl (C=O) groups is 1. The molecule has 2 aromatic carbocycles. The van der Waals surface area contributed by atoms with Crippen molar-refractivity contribution < 1.29 is 9.90 Å². The third-order valence-corrected chi connectivity index (χ3v) is 3.62. The van der Waals surface area contributed by atoms with E-state index in [4.69, 9.17) is 5.73 Å². The van der Waals surface area contributed by atoms with Crippen LogP contribution in [0.1, 0.15) is 10.5 Å². The monoisotopic (exact) mass is 379 g/mol. The second-order valence-electron chi connectivity index (χ2n) is 4.31. The SMILES string of the molecule is NC(=O)c1nn(-c2cccc(I)c2)c2ccc(O)cc12. The van der Waals surface area contributed by atoms with Crippen LogP contribution in [0.3, 0.4) is 0 Å². The zero-order valence-electron chi connectivity index (χ0n) is 10.2. The number of nitrogens with zero attached hydrogens (tertiary/aromatic N) is 2. The number of hydrogen-bond donors (Lipinski definition) is 2. The van der Waals surface area contributed by atoms with Gasteiger partial charge in [-0.1, -0.05) is 6.07 Å². The molecule has 0 aliphatic rings. The summed E-state index contributed by atoms with van der Waals surface area (Å²) in [5.41, 5.74) is 7.06. The Hall–Kier alpha value is -2.09. The highest BCUT2D eigenvalue weighted by Crippen LogP contribution is 2.26. The van der Waals surface area contributed by atoms with Gasteiger partial charge >= 0.3 is 0 Å². The van der Waals surface area contributed by atoms with Crippen LogP contribution in [-0.4, -0.2) is 20.8 Å². The number of fused-ring (bicyclic) bond motifs is 1. The first-order valence-electron chi connectivity index (χ1n) is 5.84. The third-order valence-electron chi connectivity index (χ3n) is 2.95. The lowest BCUT2D eigenvalue weighted by Gasteiger charge is -2.03. The number of aromatic nitrogens is 2. The Morgan fingerprint density at radius 3 is 2.75 bits per heavy atom. The molecule has 0 bridgehead atoms. The quantitative estimate of drug-likeness (QED) is 0.672. The molecule has 0 atom stereocenters. The van der Waals surface area contributed by atoms with E-state index in [9.17, 15) is 9.90 Å². The highest BCUT2D eigenvalue weighted by Gasteiger charge is 2.16. The molecule has 5 nitrogen and oxygen atoms in total. The molecule has 6 heteroatoms. The molecular weight excluding hydrogens is 369 g/mol. The molecule has 0 radical (unpaired) electrons. The summed E-state index contributed by atoms with van der Waals surface area (Å²) in [7, 11) is 0. The number of phenols is 1. The molecule has 0 fully saturated rings. The van der Waals surface area contributed by atoms with Gasteiger partial charge in [0, 0.05) is 8.96 Å². The van der Waals surface area contributed by atoms with E-state index in [1.54, 1.807) is 16.8 Å². The van der Waals surface area contributed by atoms with Gasteiger partial charge in [-0.05, 0) is 59.0 Å². The fraction of sp³-hybridized carbons (Fsp3) is 0. The third kappa shape index (κ3) is 2.11. The Morgan fingerprint density at radius 1 is 1.25 bits per heavy atom. The van der Waals surface area contributed by atoms with Gasteiger partial charge in [0.25, 0.3) is 5.91 Å². The van der Waals surface area contributed by atoms with E-state index in [0.717, 1.165) is 14.8 Å². The van der Waals surface area contributed by atoms with Crippen LogP contribution in [0.5, 0.6) is 5.75 Å². The highest BCUT2D eigenvalue weighted by molar-refractivity contribution is 14.1. The molecular formula is C14H10IN3O2. The number of primary amides is 1. The molecule has 20 heavy (non-hydrogen) atoms. The number of phenolic OH excluding ortho intramolecular Hbond substituents is 1. The first-order valence-corrected chi connectivity index (χ1v) is 6.91. The fourth-order valence-electron chi connectivity index (χ4n) is 2.09. The van der Waals surface area contributed by atoms with E-state index in [-0.39, 0.29) is 11.4 Å². The number of aromatic hydroxyl groups is 1. The van der Waals surface area contributed by atoms with E-state index in [1.165, 1.54) is 6.07 Å². The lowest BCUT2D eigenvalue weighted by atomic mass is 10.2. The van der Waals surface area contributed by atoms with E-state index >= 15 is 0 Å². The van der Waals surface area contributed by atoms with Crippen molar-refractivity contribution >= 4 is 39.4 Å². The summed E-state index contributed by atoms with van der Waals surface area (Å²) in [5.74, 6) is -0.549.